The monoisotopic (exact) mass is 232 g/mol. The normalized spacial score (nSPS) is 9.80. The zero-order valence-electron chi connectivity index (χ0n) is 7.08. The fraction of sp³-hybridized carbons (Fsp3) is 0.125. The number of nitrogens with zero attached hydrogens (tertiary/aromatic N) is 2. The molecule has 0 radical (unpaired) electrons. The van der Waals surface area contributed by atoms with Crippen LogP contribution in [0.25, 0.3) is 0 Å². The largest absolute Gasteiger partial charge is 0.417 e. The molecule has 0 N–H and O–H groups in total. The molecule has 0 aromatic carbocycles. The zero-order valence-corrected chi connectivity index (χ0v) is 7.83. The summed E-state index contributed by atoms with van der Waals surface area (Å²) in [7, 11) is 0. The first-order chi connectivity index (χ1) is 7.04. The Bertz CT molecular complexity index is 431. The summed E-state index contributed by atoms with van der Waals surface area (Å²) in [5, 5.41) is 7.61. The number of aromatic nitrogens is 1. The minimum atomic E-state index is -3.05. The number of rotatable bonds is 3. The molecular formula is C8H3ClF2N2O2. The van der Waals surface area contributed by atoms with Gasteiger partial charge in [-0.1, -0.05) is 0 Å². The van der Waals surface area contributed by atoms with Crippen molar-refractivity contribution in [3.8, 4) is 11.9 Å². The zero-order chi connectivity index (χ0) is 11.4. The van der Waals surface area contributed by atoms with Crippen LogP contribution >= 0.6 is 11.6 Å². The standard InChI is InChI=1S/C8H3ClF2N2O2/c9-7(14)5-1-6(15-8(10)11)13-3-4(5)2-12/h1,3,8H. The van der Waals surface area contributed by atoms with Gasteiger partial charge in [0.05, 0.1) is 11.1 Å². The van der Waals surface area contributed by atoms with Crippen LogP contribution in [0.15, 0.2) is 12.3 Å². The van der Waals surface area contributed by atoms with Gasteiger partial charge in [0.25, 0.3) is 5.24 Å². The first-order valence-electron chi connectivity index (χ1n) is 3.59. The number of nitriles is 1. The minimum absolute atomic E-state index is 0.100. The molecule has 0 aliphatic carbocycles. The average Bonchev–Trinajstić information content (AvgIpc) is 2.16. The van der Waals surface area contributed by atoms with Crippen molar-refractivity contribution >= 4 is 16.8 Å². The van der Waals surface area contributed by atoms with Crippen LogP contribution in [0.3, 0.4) is 0 Å². The molecule has 0 aliphatic rings. The maximum absolute atomic E-state index is 11.8. The molecule has 7 heteroatoms. The number of hydrogen-bond acceptors (Lipinski definition) is 4. The van der Waals surface area contributed by atoms with Crippen molar-refractivity contribution in [2.45, 2.75) is 6.61 Å². The summed E-state index contributed by atoms with van der Waals surface area (Å²) < 4.78 is 27.5. The van der Waals surface area contributed by atoms with Gasteiger partial charge in [-0.05, 0) is 11.6 Å². The van der Waals surface area contributed by atoms with Gasteiger partial charge < -0.3 is 4.74 Å². The molecule has 15 heavy (non-hydrogen) atoms. The Morgan fingerprint density at radius 2 is 2.33 bits per heavy atom. The fourth-order valence-electron chi connectivity index (χ4n) is 0.844. The van der Waals surface area contributed by atoms with Gasteiger partial charge in [0.1, 0.15) is 6.07 Å². The first kappa shape index (κ1) is 11.3. The van der Waals surface area contributed by atoms with Crippen molar-refractivity contribution < 1.29 is 18.3 Å². The predicted octanol–water partition coefficient (Wildman–Crippen LogP) is 1.93. The Morgan fingerprint density at radius 1 is 1.67 bits per heavy atom. The van der Waals surface area contributed by atoms with E-state index in [4.69, 9.17) is 16.9 Å². The van der Waals surface area contributed by atoms with Crippen LogP contribution in [0.2, 0.25) is 0 Å². The van der Waals surface area contributed by atoms with Gasteiger partial charge in [0.15, 0.2) is 0 Å². The molecule has 0 saturated heterocycles. The molecule has 1 rings (SSSR count). The maximum Gasteiger partial charge on any atom is 0.388 e. The van der Waals surface area contributed by atoms with E-state index in [-0.39, 0.29) is 11.1 Å². The molecule has 0 aliphatic heterocycles. The van der Waals surface area contributed by atoms with Gasteiger partial charge in [0, 0.05) is 12.3 Å². The van der Waals surface area contributed by atoms with Crippen LogP contribution in [0.5, 0.6) is 5.88 Å². The van der Waals surface area contributed by atoms with Crippen LogP contribution in [0.4, 0.5) is 8.78 Å². The van der Waals surface area contributed by atoms with Gasteiger partial charge in [-0.25, -0.2) is 4.98 Å². The van der Waals surface area contributed by atoms with Gasteiger partial charge >= 0.3 is 6.61 Å². The number of ether oxygens (including phenoxy) is 1. The topological polar surface area (TPSA) is 63.0 Å². The predicted molar refractivity (Wildman–Crippen MR) is 45.8 cm³/mol. The van der Waals surface area contributed by atoms with Gasteiger partial charge in [0.2, 0.25) is 5.88 Å². The number of hydrogen-bond donors (Lipinski definition) is 0. The molecule has 0 atom stereocenters. The van der Waals surface area contributed by atoms with Crippen molar-refractivity contribution in [2.24, 2.45) is 0 Å². The van der Waals surface area contributed by atoms with Crippen LogP contribution in [-0.4, -0.2) is 16.8 Å². The highest BCUT2D eigenvalue weighted by atomic mass is 35.5. The van der Waals surface area contributed by atoms with E-state index in [1.807, 2.05) is 0 Å². The summed E-state index contributed by atoms with van der Waals surface area (Å²) in [6, 6.07) is 2.54. The third-order valence-electron chi connectivity index (χ3n) is 1.42. The lowest BCUT2D eigenvalue weighted by atomic mass is 10.2. The van der Waals surface area contributed by atoms with Crippen molar-refractivity contribution in [2.75, 3.05) is 0 Å². The number of halogens is 3. The third-order valence-corrected chi connectivity index (χ3v) is 1.62. The Morgan fingerprint density at radius 3 is 2.80 bits per heavy atom. The SMILES string of the molecule is N#Cc1cnc(OC(F)F)cc1C(=O)Cl. The molecule has 4 nitrogen and oxygen atoms in total. The molecule has 1 aromatic heterocycles. The van der Waals surface area contributed by atoms with E-state index in [0.717, 1.165) is 12.3 Å². The number of carbonyl (C=O) groups is 1. The lowest BCUT2D eigenvalue weighted by Crippen LogP contribution is -2.05. The highest BCUT2D eigenvalue weighted by molar-refractivity contribution is 6.68. The molecular weight excluding hydrogens is 230 g/mol. The highest BCUT2D eigenvalue weighted by Gasteiger charge is 2.13. The fourth-order valence-corrected chi connectivity index (χ4v) is 1.000. The molecule has 1 aromatic rings. The van der Waals surface area contributed by atoms with Crippen molar-refractivity contribution in [3.05, 3.63) is 23.4 Å². The quantitative estimate of drug-likeness (QED) is 0.747. The molecule has 0 unspecified atom stereocenters. The average molecular weight is 233 g/mol. The lowest BCUT2D eigenvalue weighted by molar-refractivity contribution is -0.0528. The van der Waals surface area contributed by atoms with Crippen LogP contribution in [0.1, 0.15) is 15.9 Å². The van der Waals surface area contributed by atoms with Crippen molar-refractivity contribution in [1.82, 2.24) is 4.98 Å². The molecule has 78 valence electrons. The van der Waals surface area contributed by atoms with Crippen molar-refractivity contribution in [1.29, 1.82) is 5.26 Å². The molecule has 0 bridgehead atoms. The van der Waals surface area contributed by atoms with Crippen LogP contribution in [-0.2, 0) is 0 Å². The second-order valence-electron chi connectivity index (χ2n) is 2.33. The summed E-state index contributed by atoms with van der Waals surface area (Å²) >= 11 is 5.13. The van der Waals surface area contributed by atoms with E-state index in [0.29, 0.717) is 0 Å². The van der Waals surface area contributed by atoms with Gasteiger partial charge in [-0.2, -0.15) is 14.0 Å². The summed E-state index contributed by atoms with van der Waals surface area (Å²) in [4.78, 5) is 14.2. The molecule has 0 spiro atoms. The van der Waals surface area contributed by atoms with E-state index >= 15 is 0 Å². The minimum Gasteiger partial charge on any atom is -0.417 e. The molecule has 0 fully saturated rings. The summed E-state index contributed by atoms with van der Waals surface area (Å²) in [5.41, 5.74) is -0.318. The van der Waals surface area contributed by atoms with E-state index in [1.54, 1.807) is 6.07 Å². The van der Waals surface area contributed by atoms with E-state index in [9.17, 15) is 13.6 Å². The molecule has 1 heterocycles. The first-order valence-corrected chi connectivity index (χ1v) is 3.97. The van der Waals surface area contributed by atoms with E-state index in [1.165, 1.54) is 0 Å². The molecule has 0 saturated carbocycles. The summed E-state index contributed by atoms with van der Waals surface area (Å²) in [5.74, 6) is -0.465. The maximum atomic E-state index is 11.8. The van der Waals surface area contributed by atoms with Gasteiger partial charge in [-0.3, -0.25) is 4.79 Å². The second kappa shape index (κ2) is 4.66. The summed E-state index contributed by atoms with van der Waals surface area (Å²) in [6.07, 6.45) is 0.938. The molecule has 0 amide bonds. The Hall–Kier alpha value is -1.74. The number of pyridine rings is 1. The smallest absolute Gasteiger partial charge is 0.388 e. The Balaban J connectivity index is 3.12. The number of carbonyl (C=O) groups excluding carboxylic acids is 1. The highest BCUT2D eigenvalue weighted by Crippen LogP contribution is 2.17. The third kappa shape index (κ3) is 2.86. The number of alkyl halides is 2. The Labute approximate surface area is 88.0 Å². The van der Waals surface area contributed by atoms with E-state index < -0.39 is 17.7 Å². The summed E-state index contributed by atoms with van der Waals surface area (Å²) in [6.45, 7) is -3.05. The van der Waals surface area contributed by atoms with Crippen molar-refractivity contribution in [3.63, 3.8) is 0 Å². The lowest BCUT2D eigenvalue weighted by Gasteiger charge is -2.04. The van der Waals surface area contributed by atoms with Crippen LogP contribution < -0.4 is 4.74 Å². The Kier molecular flexibility index (Phi) is 3.52. The van der Waals surface area contributed by atoms with E-state index in [2.05, 4.69) is 9.72 Å². The second-order valence-corrected chi connectivity index (χ2v) is 2.68. The van der Waals surface area contributed by atoms with Gasteiger partial charge in [-0.15, -0.1) is 0 Å². The van der Waals surface area contributed by atoms with Crippen LogP contribution in [0, 0.1) is 11.3 Å².